The van der Waals surface area contributed by atoms with Gasteiger partial charge in [0.25, 0.3) is 0 Å². The van der Waals surface area contributed by atoms with Gasteiger partial charge in [-0.25, -0.2) is 19.3 Å². The summed E-state index contributed by atoms with van der Waals surface area (Å²) in [5.41, 5.74) is 0.772. The molecule has 0 radical (unpaired) electrons. The molecule has 0 bridgehead atoms. The molecular weight excluding hydrogens is 1210 g/mol. The van der Waals surface area contributed by atoms with Crippen molar-refractivity contribution in [2.75, 3.05) is 69.1 Å². The molecule has 0 aliphatic rings. The van der Waals surface area contributed by atoms with Gasteiger partial charge in [0.1, 0.15) is 23.0 Å². The number of hydrogen-bond donors (Lipinski definition) is 0. The molecule has 0 saturated carbocycles. The molecule has 0 spiro atoms. The van der Waals surface area contributed by atoms with Gasteiger partial charge in [-0.15, -0.1) is 0 Å². The molecule has 3 atom stereocenters. The second kappa shape index (κ2) is 43.6. The maximum atomic E-state index is 13.6. The lowest BCUT2D eigenvalue weighted by Crippen LogP contribution is -2.42. The highest BCUT2D eigenvalue weighted by atomic mass is 16.5. The Hall–Kier alpha value is -10.2. The third-order valence-electron chi connectivity index (χ3n) is 15.2. The van der Waals surface area contributed by atoms with E-state index in [1.54, 1.807) is 146 Å². The number of carbonyl (C=O) groups is 6. The van der Waals surface area contributed by atoms with Crippen LogP contribution < -0.4 is 18.9 Å². The van der Waals surface area contributed by atoms with Gasteiger partial charge in [0.2, 0.25) is 11.4 Å². The second-order valence-electron chi connectivity index (χ2n) is 22.9. The fourth-order valence-corrected chi connectivity index (χ4v) is 9.91. The highest BCUT2D eigenvalue weighted by Crippen LogP contribution is 2.44. The number of unbranched alkanes of at least 4 members (excludes halogenated alkanes) is 6. The summed E-state index contributed by atoms with van der Waals surface area (Å²) in [6.45, 7) is 33.7. The number of nitrogens with zero attached hydrogens (tertiary/aromatic N) is 4. The Bertz CT molecular complexity index is 3380. The third kappa shape index (κ3) is 27.5. The molecule has 0 N–H and O–H groups in total. The average Bonchev–Trinajstić information content (AvgIpc) is 0.910. The number of hydrogen-bond acceptors (Lipinski definition) is 18. The molecule has 510 valence electrons. The Morgan fingerprint density at radius 2 is 0.884 bits per heavy atom. The monoisotopic (exact) mass is 1310 g/mol. The van der Waals surface area contributed by atoms with E-state index in [0.29, 0.717) is 94.8 Å². The molecule has 0 fully saturated rings. The van der Waals surface area contributed by atoms with Gasteiger partial charge in [0.05, 0.1) is 128 Å². The summed E-state index contributed by atoms with van der Waals surface area (Å²) in [7, 11) is 8.30. The van der Waals surface area contributed by atoms with Crippen LogP contribution in [-0.4, -0.2) is 105 Å². The Morgan fingerprint density at radius 1 is 0.526 bits per heavy atom. The van der Waals surface area contributed by atoms with Gasteiger partial charge in [-0.1, -0.05) is 76.0 Å². The smallest absolute Gasteiger partial charge is 0.332 e. The highest BCUT2D eigenvalue weighted by Gasteiger charge is 2.48. The summed E-state index contributed by atoms with van der Waals surface area (Å²) >= 11 is 0. The predicted octanol–water partition coefficient (Wildman–Crippen LogP) is 15.3. The zero-order chi connectivity index (χ0) is 70.3. The lowest BCUT2D eigenvalue weighted by Gasteiger charge is -2.37. The SMILES string of the molecule is C.C=C(C)C(=O)OC.[C-]#[N+]/C(=C(/C#N)c1ccc(OCCCCCCOC(=O)C(CC(C)(CC)C(=O)OC)CC(C)(CC(C)(C)C(=O)OC)C(=O)OC)cc1)c1ccc(OC)cc1.[C-]#[N+]/C(=C(/C#N)c1ccc(OCCCCCCOC(=O)C=C)cc1)c1ccc(OC)cc1. The van der Waals surface area contributed by atoms with Crippen molar-refractivity contribution < 1.29 is 76.1 Å². The normalized spacial score (nSPS) is 12.5. The number of nitriles is 2. The van der Waals surface area contributed by atoms with Crippen LogP contribution in [0.1, 0.15) is 148 Å². The molecule has 0 aromatic heterocycles. The van der Waals surface area contributed by atoms with E-state index in [9.17, 15) is 39.3 Å². The number of benzene rings is 4. The quantitative estimate of drug-likeness (QED) is 0.00789. The number of allylic oxidation sites excluding steroid dienone is 2. The topological polar surface area (TPSA) is 251 Å². The first-order valence-corrected chi connectivity index (χ1v) is 30.6. The summed E-state index contributed by atoms with van der Waals surface area (Å²) in [5, 5.41) is 19.5. The fraction of sp³-hybridized carbons (Fsp3) is 0.440. The number of rotatable bonds is 35. The molecule has 20 heteroatoms. The molecule has 0 amide bonds. The van der Waals surface area contributed by atoms with Crippen molar-refractivity contribution in [1.29, 1.82) is 10.5 Å². The lowest BCUT2D eigenvalue weighted by molar-refractivity contribution is -0.164. The van der Waals surface area contributed by atoms with Gasteiger partial charge in [0, 0.05) is 11.6 Å². The number of methoxy groups -OCH3 is 6. The zero-order valence-electron chi connectivity index (χ0n) is 56.4. The van der Waals surface area contributed by atoms with Crippen LogP contribution in [0.4, 0.5) is 0 Å². The van der Waals surface area contributed by atoms with Gasteiger partial charge < -0.3 is 47.4 Å². The molecule has 0 heterocycles. The number of esters is 6. The van der Waals surface area contributed by atoms with Crippen molar-refractivity contribution in [1.82, 2.24) is 0 Å². The molecule has 0 aliphatic carbocycles. The van der Waals surface area contributed by atoms with E-state index in [-0.39, 0.29) is 50.5 Å². The largest absolute Gasteiger partial charge is 0.497 e. The molecule has 4 rings (SSSR count). The average molecular weight is 1310 g/mol. The van der Waals surface area contributed by atoms with E-state index in [1.165, 1.54) is 28.4 Å². The van der Waals surface area contributed by atoms with Crippen LogP contribution in [-0.2, 0) is 57.2 Å². The maximum Gasteiger partial charge on any atom is 0.332 e. The van der Waals surface area contributed by atoms with Crippen LogP contribution in [0.5, 0.6) is 23.0 Å². The van der Waals surface area contributed by atoms with Gasteiger partial charge in [-0.3, -0.25) is 19.2 Å². The lowest BCUT2D eigenvalue weighted by atomic mass is 9.67. The first-order chi connectivity index (χ1) is 44.9. The molecule has 95 heavy (non-hydrogen) atoms. The molecule has 4 aromatic carbocycles. The van der Waals surface area contributed by atoms with Crippen molar-refractivity contribution >= 4 is 58.4 Å². The molecule has 4 aromatic rings. The van der Waals surface area contributed by atoms with Gasteiger partial charge >= 0.3 is 35.8 Å². The predicted molar refractivity (Wildman–Crippen MR) is 364 cm³/mol. The first kappa shape index (κ1) is 82.8. The van der Waals surface area contributed by atoms with Crippen molar-refractivity contribution in [2.45, 2.75) is 126 Å². The minimum absolute atomic E-state index is 0. The van der Waals surface area contributed by atoms with E-state index in [1.807, 2.05) is 6.92 Å². The highest BCUT2D eigenvalue weighted by molar-refractivity contribution is 6.01. The summed E-state index contributed by atoms with van der Waals surface area (Å²) < 4.78 is 52.1. The van der Waals surface area contributed by atoms with Gasteiger partial charge in [0.15, 0.2) is 0 Å². The first-order valence-electron chi connectivity index (χ1n) is 30.6. The van der Waals surface area contributed by atoms with Crippen LogP contribution in [0, 0.1) is 58.0 Å². The van der Waals surface area contributed by atoms with Crippen LogP contribution >= 0.6 is 0 Å². The molecule has 20 nitrogen and oxygen atoms in total. The third-order valence-corrected chi connectivity index (χ3v) is 15.2. The molecule has 3 unspecified atom stereocenters. The Balaban J connectivity index is 0.000000946. The summed E-state index contributed by atoms with van der Waals surface area (Å²) in [6.07, 6.45) is 8.23. The van der Waals surface area contributed by atoms with Crippen LogP contribution in [0.15, 0.2) is 122 Å². The van der Waals surface area contributed by atoms with Gasteiger partial charge in [-0.2, -0.15) is 10.5 Å². The van der Waals surface area contributed by atoms with Crippen molar-refractivity contribution in [2.24, 2.45) is 22.2 Å². The Labute approximate surface area is 562 Å². The Kier molecular flexibility index (Phi) is 38.0. The van der Waals surface area contributed by atoms with Gasteiger partial charge in [-0.05, 0) is 182 Å². The van der Waals surface area contributed by atoms with Crippen molar-refractivity contribution in [3.05, 3.63) is 167 Å². The van der Waals surface area contributed by atoms with E-state index in [0.717, 1.165) is 51.0 Å². The van der Waals surface area contributed by atoms with E-state index in [4.69, 9.17) is 55.8 Å². The van der Waals surface area contributed by atoms with Crippen molar-refractivity contribution in [3.8, 4) is 35.1 Å². The van der Waals surface area contributed by atoms with E-state index in [2.05, 4.69) is 39.7 Å². The summed E-state index contributed by atoms with van der Waals surface area (Å²) in [5.74, 6) is -1.01. The summed E-state index contributed by atoms with van der Waals surface area (Å²) in [6, 6.07) is 32.6. The van der Waals surface area contributed by atoms with E-state index >= 15 is 0 Å². The standard InChI is InChI=1S/C43H56N2O10.C26H26N2O4.C5H8O2.CH4/c1-11-42(4,39(48)52-9)26-32(27-43(5,40(49)53-10)29-41(2,3)38(47)51-8)37(46)55-25-15-13-12-14-24-54-34-22-16-30(17-23-34)35(28-44)36(45-6)31-18-20-33(50-7)21-19-31;1-4-25(29)32-18-8-6-5-7-17-31-23-15-9-20(10-16-23)24(19-27)26(28-2)21-11-13-22(30-3)14-12-21;1-4(2)5(6)7-3;/h16-23,32H,11-15,24-27,29H2,1-5,7-10H3;4,9-16H,1,5-8,17-18H2,3H3;1H2,2-3H3;1H4/b36-35-;26-24-;;. The summed E-state index contributed by atoms with van der Waals surface area (Å²) in [4.78, 5) is 80.5. The van der Waals surface area contributed by atoms with Crippen LogP contribution in [0.25, 0.3) is 32.2 Å². The zero-order valence-corrected chi connectivity index (χ0v) is 56.4. The molecule has 0 aliphatic heterocycles. The Morgan fingerprint density at radius 3 is 1.21 bits per heavy atom. The number of ether oxygens (including phenoxy) is 10. The molecular formula is C75H94N4O16. The van der Waals surface area contributed by atoms with Crippen LogP contribution in [0.2, 0.25) is 0 Å². The number of carbonyl (C=O) groups excluding carboxylic acids is 6. The van der Waals surface area contributed by atoms with Crippen LogP contribution in [0.3, 0.4) is 0 Å². The fourth-order valence-electron chi connectivity index (χ4n) is 9.91. The van der Waals surface area contributed by atoms with Crippen molar-refractivity contribution in [3.63, 3.8) is 0 Å². The molecule has 0 saturated heterocycles. The maximum absolute atomic E-state index is 13.6. The minimum Gasteiger partial charge on any atom is -0.497 e. The minimum atomic E-state index is -1.27. The second-order valence-corrected chi connectivity index (χ2v) is 22.9. The van der Waals surface area contributed by atoms with E-state index < -0.39 is 52.0 Å².